The summed E-state index contributed by atoms with van der Waals surface area (Å²) < 4.78 is 10.7. The van der Waals surface area contributed by atoms with E-state index in [2.05, 4.69) is 22.0 Å². The number of aromatic nitrogens is 1. The minimum Gasteiger partial charge on any atom is -0.379 e. The molecule has 0 N–H and O–H groups in total. The molecule has 0 aliphatic carbocycles. The van der Waals surface area contributed by atoms with E-state index in [1.807, 2.05) is 11.8 Å². The molecule has 1 atom stereocenters. The number of hydrogen-bond donors (Lipinski definition) is 0. The molecule has 0 aromatic carbocycles. The van der Waals surface area contributed by atoms with Gasteiger partial charge in [0.25, 0.3) is 5.91 Å². The van der Waals surface area contributed by atoms with Crippen molar-refractivity contribution in [1.29, 1.82) is 0 Å². The Bertz CT molecular complexity index is 542. The van der Waals surface area contributed by atoms with E-state index in [4.69, 9.17) is 9.26 Å². The summed E-state index contributed by atoms with van der Waals surface area (Å²) in [5.41, 5.74) is 0.423. The van der Waals surface area contributed by atoms with Crippen molar-refractivity contribution in [2.75, 3.05) is 59.5 Å². The number of rotatable bonds is 6. The van der Waals surface area contributed by atoms with E-state index in [1.54, 1.807) is 6.07 Å². The molecule has 2 aliphatic heterocycles. The average molecular weight is 336 g/mol. The van der Waals surface area contributed by atoms with Crippen molar-refractivity contribution in [3.05, 3.63) is 17.5 Å². The van der Waals surface area contributed by atoms with Crippen LogP contribution in [0.4, 0.5) is 0 Å². The van der Waals surface area contributed by atoms with Crippen LogP contribution in [0, 0.1) is 5.92 Å². The summed E-state index contributed by atoms with van der Waals surface area (Å²) >= 11 is 0. The third-order valence-electron chi connectivity index (χ3n) is 4.90. The van der Waals surface area contributed by atoms with Crippen LogP contribution in [0.5, 0.6) is 0 Å². The summed E-state index contributed by atoms with van der Waals surface area (Å²) in [5.74, 6) is 1.28. The molecule has 1 unspecified atom stereocenters. The highest BCUT2D eigenvalue weighted by Crippen LogP contribution is 2.17. The average Bonchev–Trinajstić information content (AvgIpc) is 3.22. The third-order valence-corrected chi connectivity index (χ3v) is 4.90. The molecule has 0 spiro atoms. The van der Waals surface area contributed by atoms with Crippen LogP contribution in [0.2, 0.25) is 0 Å². The van der Waals surface area contributed by atoms with Crippen LogP contribution in [0.15, 0.2) is 10.6 Å². The molecule has 7 heteroatoms. The first-order valence-corrected chi connectivity index (χ1v) is 8.89. The minimum absolute atomic E-state index is 0.0240. The second kappa shape index (κ2) is 8.09. The molecule has 2 fully saturated rings. The lowest BCUT2D eigenvalue weighted by Gasteiger charge is -2.25. The monoisotopic (exact) mass is 336 g/mol. The zero-order valence-corrected chi connectivity index (χ0v) is 14.7. The van der Waals surface area contributed by atoms with Gasteiger partial charge in [-0.15, -0.1) is 0 Å². The lowest BCUT2D eigenvalue weighted by atomic mass is 10.1. The van der Waals surface area contributed by atoms with Gasteiger partial charge in [-0.1, -0.05) is 5.16 Å². The normalized spacial score (nSPS) is 22.8. The number of nitrogens with zero attached hydrogens (tertiary/aromatic N) is 4. The van der Waals surface area contributed by atoms with Crippen molar-refractivity contribution in [2.24, 2.45) is 5.92 Å². The maximum Gasteiger partial charge on any atom is 0.276 e. The Balaban J connectivity index is 1.56. The first-order valence-electron chi connectivity index (χ1n) is 8.89. The molecule has 0 bridgehead atoms. The smallest absolute Gasteiger partial charge is 0.276 e. The Hall–Kier alpha value is -1.44. The Labute approximate surface area is 143 Å². The Morgan fingerprint density at radius 3 is 2.83 bits per heavy atom. The number of ether oxygens (including phenoxy) is 1. The van der Waals surface area contributed by atoms with E-state index in [9.17, 15) is 4.79 Å². The number of amides is 1. The number of carbonyl (C=O) groups excluding carboxylic acids is 1. The van der Waals surface area contributed by atoms with E-state index < -0.39 is 0 Å². The van der Waals surface area contributed by atoms with Gasteiger partial charge in [0.2, 0.25) is 0 Å². The summed E-state index contributed by atoms with van der Waals surface area (Å²) in [7, 11) is 2.13. The quantitative estimate of drug-likeness (QED) is 0.770. The largest absolute Gasteiger partial charge is 0.379 e. The molecule has 134 valence electrons. The van der Waals surface area contributed by atoms with E-state index in [1.165, 1.54) is 0 Å². The fraction of sp³-hybridized carbons (Fsp3) is 0.765. The van der Waals surface area contributed by atoms with Crippen LogP contribution in [-0.2, 0) is 11.3 Å². The van der Waals surface area contributed by atoms with Crippen molar-refractivity contribution in [3.8, 4) is 0 Å². The van der Waals surface area contributed by atoms with Gasteiger partial charge in [-0.3, -0.25) is 9.69 Å². The van der Waals surface area contributed by atoms with Gasteiger partial charge in [-0.05, 0) is 32.9 Å². The molecule has 3 rings (SSSR count). The van der Waals surface area contributed by atoms with Gasteiger partial charge in [-0.2, -0.15) is 0 Å². The molecule has 0 saturated carbocycles. The van der Waals surface area contributed by atoms with Crippen LogP contribution >= 0.6 is 0 Å². The number of morpholine rings is 1. The molecule has 3 heterocycles. The summed E-state index contributed by atoms with van der Waals surface area (Å²) in [4.78, 5) is 19.2. The number of carbonyl (C=O) groups is 1. The van der Waals surface area contributed by atoms with Gasteiger partial charge in [0, 0.05) is 38.8 Å². The summed E-state index contributed by atoms with van der Waals surface area (Å²) in [6.45, 7) is 9.65. The molecule has 2 saturated heterocycles. The van der Waals surface area contributed by atoms with E-state index in [-0.39, 0.29) is 5.91 Å². The topological polar surface area (TPSA) is 62.0 Å². The predicted molar refractivity (Wildman–Crippen MR) is 89.8 cm³/mol. The Morgan fingerprint density at radius 1 is 1.38 bits per heavy atom. The molecule has 2 aliphatic rings. The highest BCUT2D eigenvalue weighted by molar-refractivity contribution is 5.92. The third kappa shape index (κ3) is 4.34. The molecule has 7 nitrogen and oxygen atoms in total. The standard InChI is InChI=1S/C17H28N4O3/c1-3-21(12-14-4-5-19(2)11-14)17(22)16-10-15(24-18-16)13-20-6-8-23-9-7-20/h10,14H,3-9,11-13H2,1-2H3. The Kier molecular flexibility index (Phi) is 5.86. The van der Waals surface area contributed by atoms with Gasteiger partial charge >= 0.3 is 0 Å². The minimum atomic E-state index is -0.0240. The maximum atomic E-state index is 12.7. The van der Waals surface area contributed by atoms with E-state index in [0.29, 0.717) is 24.7 Å². The number of hydrogen-bond acceptors (Lipinski definition) is 6. The van der Waals surface area contributed by atoms with Crippen LogP contribution in [-0.4, -0.2) is 85.3 Å². The van der Waals surface area contributed by atoms with Crippen LogP contribution < -0.4 is 0 Å². The molecular formula is C17H28N4O3. The molecule has 0 radical (unpaired) electrons. The number of likely N-dealkylation sites (tertiary alicyclic amines) is 1. The van der Waals surface area contributed by atoms with Gasteiger partial charge in [-0.25, -0.2) is 0 Å². The molecular weight excluding hydrogens is 308 g/mol. The van der Waals surface area contributed by atoms with Crippen LogP contribution in [0.3, 0.4) is 0 Å². The zero-order chi connectivity index (χ0) is 16.9. The van der Waals surface area contributed by atoms with Gasteiger partial charge in [0.05, 0.1) is 19.8 Å². The van der Waals surface area contributed by atoms with Crippen LogP contribution in [0.1, 0.15) is 29.6 Å². The molecule has 1 amide bonds. The van der Waals surface area contributed by atoms with Crippen LogP contribution in [0.25, 0.3) is 0 Å². The predicted octanol–water partition coefficient (Wildman–Crippen LogP) is 0.921. The van der Waals surface area contributed by atoms with Gasteiger partial charge in [0.15, 0.2) is 11.5 Å². The van der Waals surface area contributed by atoms with E-state index in [0.717, 1.165) is 58.1 Å². The fourth-order valence-electron chi connectivity index (χ4n) is 3.47. The van der Waals surface area contributed by atoms with Crippen molar-refractivity contribution in [1.82, 2.24) is 19.9 Å². The zero-order valence-electron chi connectivity index (χ0n) is 14.7. The van der Waals surface area contributed by atoms with Crippen molar-refractivity contribution in [3.63, 3.8) is 0 Å². The first kappa shape index (κ1) is 17.4. The summed E-state index contributed by atoms with van der Waals surface area (Å²) in [5, 5.41) is 4.01. The highest BCUT2D eigenvalue weighted by Gasteiger charge is 2.26. The molecule has 24 heavy (non-hydrogen) atoms. The summed E-state index contributed by atoms with van der Waals surface area (Å²) in [6, 6.07) is 1.79. The second-order valence-corrected chi connectivity index (χ2v) is 6.83. The fourth-order valence-corrected chi connectivity index (χ4v) is 3.47. The van der Waals surface area contributed by atoms with Crippen molar-refractivity contribution in [2.45, 2.75) is 19.9 Å². The van der Waals surface area contributed by atoms with Gasteiger partial charge < -0.3 is 19.1 Å². The van der Waals surface area contributed by atoms with Gasteiger partial charge in [0.1, 0.15) is 0 Å². The Morgan fingerprint density at radius 2 is 2.17 bits per heavy atom. The second-order valence-electron chi connectivity index (χ2n) is 6.83. The molecule has 1 aromatic heterocycles. The van der Waals surface area contributed by atoms with E-state index >= 15 is 0 Å². The first-order chi connectivity index (χ1) is 11.7. The van der Waals surface area contributed by atoms with Crippen molar-refractivity contribution >= 4 is 5.91 Å². The lowest BCUT2D eigenvalue weighted by Crippen LogP contribution is -2.36. The SMILES string of the molecule is CCN(CC1CCN(C)C1)C(=O)c1cc(CN2CCOCC2)on1. The summed E-state index contributed by atoms with van der Waals surface area (Å²) in [6.07, 6.45) is 1.15. The highest BCUT2D eigenvalue weighted by atomic mass is 16.5. The molecule has 1 aromatic rings. The lowest BCUT2D eigenvalue weighted by molar-refractivity contribution is 0.0305. The van der Waals surface area contributed by atoms with Crippen molar-refractivity contribution < 1.29 is 14.1 Å². The maximum absolute atomic E-state index is 12.7.